The number of aromatic nitrogens is 1. The van der Waals surface area contributed by atoms with E-state index in [1.165, 1.54) is 0 Å². The molecule has 1 amide bonds. The van der Waals surface area contributed by atoms with Gasteiger partial charge in [0, 0.05) is 13.1 Å². The number of aryl methyl sites for hydroxylation is 2. The molecule has 0 radical (unpaired) electrons. The number of amides is 1. The number of esters is 1. The predicted molar refractivity (Wildman–Crippen MR) is 104 cm³/mol. The molecule has 3 rings (SSSR count). The first-order valence-corrected chi connectivity index (χ1v) is 9.58. The van der Waals surface area contributed by atoms with Gasteiger partial charge in [0.2, 0.25) is 0 Å². The Morgan fingerprint density at radius 3 is 2.38 bits per heavy atom. The minimum absolute atomic E-state index is 0.0312. The van der Waals surface area contributed by atoms with E-state index in [0.717, 1.165) is 17.0 Å². The van der Waals surface area contributed by atoms with E-state index < -0.39 is 5.97 Å². The summed E-state index contributed by atoms with van der Waals surface area (Å²) >= 11 is 0. The molecule has 0 bridgehead atoms. The smallest absolute Gasteiger partial charge is 0.338 e. The van der Waals surface area contributed by atoms with Gasteiger partial charge in [-0.05, 0) is 52.0 Å². The number of benzene rings is 1. The Morgan fingerprint density at radius 2 is 1.79 bits per heavy atom. The van der Waals surface area contributed by atoms with Gasteiger partial charge in [0.05, 0.1) is 29.0 Å². The molecular weight excluding hydrogens is 376 g/mol. The van der Waals surface area contributed by atoms with Crippen LogP contribution in [-0.2, 0) is 20.9 Å². The molecule has 0 N–H and O–H groups in total. The van der Waals surface area contributed by atoms with Crippen LogP contribution in [0.5, 0.6) is 5.75 Å². The first kappa shape index (κ1) is 20.9. The maximum atomic E-state index is 12.3. The number of rotatable bonds is 6. The molecule has 156 valence electrons. The fourth-order valence-electron chi connectivity index (χ4n) is 3.23. The van der Waals surface area contributed by atoms with Crippen LogP contribution in [0.3, 0.4) is 0 Å². The van der Waals surface area contributed by atoms with Crippen LogP contribution in [0.4, 0.5) is 0 Å². The SMILES string of the molecule is Cc1noc(C)c1COc1ccc(C(=O)OCC(=O)N2C[C@@H](C)O[C@@H](C)C2)cc1. The lowest BCUT2D eigenvalue weighted by Gasteiger charge is -2.35. The zero-order chi connectivity index (χ0) is 21.0. The maximum Gasteiger partial charge on any atom is 0.338 e. The molecular formula is C21H26N2O6. The summed E-state index contributed by atoms with van der Waals surface area (Å²) in [5.74, 6) is 0.551. The summed E-state index contributed by atoms with van der Waals surface area (Å²) in [6, 6.07) is 6.58. The van der Waals surface area contributed by atoms with Crippen molar-refractivity contribution < 1.29 is 28.3 Å². The third kappa shape index (κ3) is 5.35. The molecule has 1 aliphatic rings. The summed E-state index contributed by atoms with van der Waals surface area (Å²) in [5.41, 5.74) is 2.04. The lowest BCUT2D eigenvalue weighted by Crippen LogP contribution is -2.49. The van der Waals surface area contributed by atoms with Crippen LogP contribution in [0.1, 0.15) is 41.2 Å². The van der Waals surface area contributed by atoms with Crippen LogP contribution in [0.2, 0.25) is 0 Å². The van der Waals surface area contributed by atoms with E-state index in [0.29, 0.717) is 31.0 Å². The van der Waals surface area contributed by atoms with Crippen molar-refractivity contribution in [1.82, 2.24) is 10.1 Å². The Balaban J connectivity index is 1.49. The third-order valence-corrected chi connectivity index (χ3v) is 4.75. The van der Waals surface area contributed by atoms with Gasteiger partial charge < -0.3 is 23.6 Å². The summed E-state index contributed by atoms with van der Waals surface area (Å²) in [6.45, 7) is 8.55. The number of hydrogen-bond donors (Lipinski definition) is 0. The summed E-state index contributed by atoms with van der Waals surface area (Å²) in [4.78, 5) is 26.2. The van der Waals surface area contributed by atoms with Gasteiger partial charge in [0.15, 0.2) is 6.61 Å². The summed E-state index contributed by atoms with van der Waals surface area (Å²) < 4.78 is 21.6. The highest BCUT2D eigenvalue weighted by molar-refractivity contribution is 5.91. The van der Waals surface area contributed by atoms with Crippen LogP contribution in [-0.4, -0.2) is 53.8 Å². The van der Waals surface area contributed by atoms with Gasteiger partial charge in [0.25, 0.3) is 5.91 Å². The third-order valence-electron chi connectivity index (χ3n) is 4.75. The van der Waals surface area contributed by atoms with Crippen molar-refractivity contribution in [3.05, 3.63) is 46.8 Å². The first-order chi connectivity index (χ1) is 13.8. The number of carbonyl (C=O) groups is 2. The number of hydrogen-bond acceptors (Lipinski definition) is 7. The van der Waals surface area contributed by atoms with Crippen LogP contribution >= 0.6 is 0 Å². The molecule has 0 saturated carbocycles. The Kier molecular flexibility index (Phi) is 6.53. The maximum absolute atomic E-state index is 12.3. The van der Waals surface area contributed by atoms with Gasteiger partial charge >= 0.3 is 5.97 Å². The molecule has 2 heterocycles. The fraction of sp³-hybridized carbons (Fsp3) is 0.476. The van der Waals surface area contributed by atoms with Gasteiger partial charge in [-0.2, -0.15) is 0 Å². The van der Waals surface area contributed by atoms with E-state index >= 15 is 0 Å². The van der Waals surface area contributed by atoms with Gasteiger partial charge in [-0.15, -0.1) is 0 Å². The van der Waals surface area contributed by atoms with Crippen molar-refractivity contribution in [3.8, 4) is 5.75 Å². The van der Waals surface area contributed by atoms with E-state index in [9.17, 15) is 9.59 Å². The van der Waals surface area contributed by atoms with Crippen molar-refractivity contribution in [1.29, 1.82) is 0 Å². The van der Waals surface area contributed by atoms with Gasteiger partial charge in [-0.3, -0.25) is 4.79 Å². The molecule has 8 heteroatoms. The zero-order valence-corrected chi connectivity index (χ0v) is 17.1. The molecule has 2 atom stereocenters. The first-order valence-electron chi connectivity index (χ1n) is 9.58. The highest BCUT2D eigenvalue weighted by Crippen LogP contribution is 2.18. The van der Waals surface area contributed by atoms with Gasteiger partial charge in [0.1, 0.15) is 18.1 Å². The minimum Gasteiger partial charge on any atom is -0.489 e. The highest BCUT2D eigenvalue weighted by atomic mass is 16.5. The van der Waals surface area contributed by atoms with E-state index in [1.54, 1.807) is 29.2 Å². The molecule has 1 fully saturated rings. The lowest BCUT2D eigenvalue weighted by molar-refractivity contribution is -0.146. The molecule has 1 aromatic carbocycles. The normalized spacial score (nSPS) is 19.1. The largest absolute Gasteiger partial charge is 0.489 e. The zero-order valence-electron chi connectivity index (χ0n) is 17.1. The molecule has 2 aromatic rings. The van der Waals surface area contributed by atoms with E-state index in [2.05, 4.69) is 5.16 Å². The number of nitrogens with zero attached hydrogens (tertiary/aromatic N) is 2. The molecule has 0 spiro atoms. The van der Waals surface area contributed by atoms with Crippen molar-refractivity contribution in [2.45, 2.75) is 46.5 Å². The Morgan fingerprint density at radius 1 is 1.14 bits per heavy atom. The highest BCUT2D eigenvalue weighted by Gasteiger charge is 2.26. The molecule has 1 aromatic heterocycles. The van der Waals surface area contributed by atoms with E-state index in [4.69, 9.17) is 18.7 Å². The molecule has 8 nitrogen and oxygen atoms in total. The number of carbonyl (C=O) groups excluding carboxylic acids is 2. The lowest BCUT2D eigenvalue weighted by atomic mass is 10.2. The summed E-state index contributed by atoms with van der Waals surface area (Å²) in [6.07, 6.45) is -0.0623. The summed E-state index contributed by atoms with van der Waals surface area (Å²) in [5, 5.41) is 3.89. The molecule has 1 aliphatic heterocycles. The van der Waals surface area contributed by atoms with E-state index in [1.807, 2.05) is 27.7 Å². The predicted octanol–water partition coefficient (Wildman–Crippen LogP) is 2.66. The second-order valence-corrected chi connectivity index (χ2v) is 7.25. The van der Waals surface area contributed by atoms with Crippen LogP contribution in [0, 0.1) is 13.8 Å². The van der Waals surface area contributed by atoms with Crippen molar-refractivity contribution in [2.24, 2.45) is 0 Å². The van der Waals surface area contributed by atoms with Gasteiger partial charge in [-0.25, -0.2) is 4.79 Å². The Bertz CT molecular complexity index is 831. The molecule has 1 saturated heterocycles. The quantitative estimate of drug-likeness (QED) is 0.686. The summed E-state index contributed by atoms with van der Waals surface area (Å²) in [7, 11) is 0. The second-order valence-electron chi connectivity index (χ2n) is 7.25. The topological polar surface area (TPSA) is 91.1 Å². The minimum atomic E-state index is -0.551. The van der Waals surface area contributed by atoms with Gasteiger partial charge in [-0.1, -0.05) is 5.16 Å². The average Bonchev–Trinajstić information content (AvgIpc) is 3.01. The fourth-order valence-corrected chi connectivity index (χ4v) is 3.23. The Labute approximate surface area is 169 Å². The van der Waals surface area contributed by atoms with Crippen LogP contribution < -0.4 is 4.74 Å². The van der Waals surface area contributed by atoms with Crippen molar-refractivity contribution in [3.63, 3.8) is 0 Å². The van der Waals surface area contributed by atoms with Crippen LogP contribution in [0.15, 0.2) is 28.8 Å². The van der Waals surface area contributed by atoms with E-state index in [-0.39, 0.29) is 24.7 Å². The standard InChI is InChI=1S/C21H26N2O6/c1-13-9-23(10-14(2)28-13)20(24)12-27-21(25)17-5-7-18(8-6-17)26-11-19-15(3)22-29-16(19)4/h5-8,13-14H,9-12H2,1-4H3/t13-,14+. The monoisotopic (exact) mass is 402 g/mol. The molecule has 0 aliphatic carbocycles. The average molecular weight is 402 g/mol. The molecule has 0 unspecified atom stereocenters. The number of ether oxygens (including phenoxy) is 3. The second kappa shape index (κ2) is 9.09. The Hall–Kier alpha value is -2.87. The molecule has 29 heavy (non-hydrogen) atoms. The van der Waals surface area contributed by atoms with Crippen molar-refractivity contribution >= 4 is 11.9 Å². The van der Waals surface area contributed by atoms with Crippen molar-refractivity contribution in [2.75, 3.05) is 19.7 Å². The number of morpholine rings is 1. The van der Waals surface area contributed by atoms with Crippen LogP contribution in [0.25, 0.3) is 0 Å².